The normalized spacial score (nSPS) is 18.1. The molecule has 0 saturated heterocycles. The molecule has 0 heterocycles. The van der Waals surface area contributed by atoms with Gasteiger partial charge < -0.3 is 0 Å². The molecule has 1 fully saturated rings. The van der Waals surface area contributed by atoms with Crippen LogP contribution in [0, 0.1) is 28.6 Å². The maximum absolute atomic E-state index is 12.2. The zero-order valence-electron chi connectivity index (χ0n) is 10.4. The van der Waals surface area contributed by atoms with Gasteiger partial charge in [0.2, 0.25) is 10.0 Å². The number of rotatable bonds is 4. The summed E-state index contributed by atoms with van der Waals surface area (Å²) < 4.78 is 26.9. The first-order valence-corrected chi connectivity index (χ1v) is 7.35. The Kier molecular flexibility index (Phi) is 3.32. The Bertz CT molecular complexity index is 663. The van der Waals surface area contributed by atoms with Crippen LogP contribution in [0.3, 0.4) is 0 Å². The highest BCUT2D eigenvalue weighted by molar-refractivity contribution is 7.89. The Labute approximate surface area is 112 Å². The lowest BCUT2D eigenvalue weighted by atomic mass is 10.0. The van der Waals surface area contributed by atoms with Crippen molar-refractivity contribution < 1.29 is 8.42 Å². The fraction of sp³-hybridized carbons (Fsp3) is 0.385. The van der Waals surface area contributed by atoms with E-state index in [2.05, 4.69) is 4.72 Å². The van der Waals surface area contributed by atoms with Gasteiger partial charge in [-0.25, -0.2) is 8.42 Å². The Morgan fingerprint density at radius 2 is 1.84 bits per heavy atom. The van der Waals surface area contributed by atoms with Gasteiger partial charge in [-0.2, -0.15) is 15.2 Å². The molecule has 0 aliphatic heterocycles. The largest absolute Gasteiger partial charge is 0.241 e. The second kappa shape index (κ2) is 4.65. The summed E-state index contributed by atoms with van der Waals surface area (Å²) in [6.45, 7) is 1.60. The number of hydrogen-bond acceptors (Lipinski definition) is 4. The van der Waals surface area contributed by atoms with E-state index in [1.165, 1.54) is 24.3 Å². The van der Waals surface area contributed by atoms with E-state index in [-0.39, 0.29) is 10.8 Å². The van der Waals surface area contributed by atoms with Gasteiger partial charge >= 0.3 is 0 Å². The fourth-order valence-electron chi connectivity index (χ4n) is 1.90. The minimum Gasteiger partial charge on any atom is -0.207 e. The number of nitriles is 2. The lowest BCUT2D eigenvalue weighted by Crippen LogP contribution is -2.46. The lowest BCUT2D eigenvalue weighted by molar-refractivity contribution is 0.458. The molecule has 0 aromatic heterocycles. The number of benzene rings is 1. The van der Waals surface area contributed by atoms with E-state index in [1.807, 2.05) is 12.1 Å². The molecule has 1 aromatic rings. The van der Waals surface area contributed by atoms with Gasteiger partial charge in [-0.1, -0.05) is 0 Å². The molecule has 98 valence electrons. The van der Waals surface area contributed by atoms with Gasteiger partial charge in [0.25, 0.3) is 0 Å². The fourth-order valence-corrected chi connectivity index (χ4v) is 3.29. The highest BCUT2D eigenvalue weighted by Crippen LogP contribution is 2.39. The van der Waals surface area contributed by atoms with Crippen LogP contribution in [-0.2, 0) is 10.0 Å². The van der Waals surface area contributed by atoms with E-state index in [9.17, 15) is 8.42 Å². The Morgan fingerprint density at radius 1 is 1.26 bits per heavy atom. The predicted molar refractivity (Wildman–Crippen MR) is 68.2 cm³/mol. The second-order valence-electron chi connectivity index (χ2n) is 4.83. The zero-order chi connectivity index (χ0) is 14.1. The van der Waals surface area contributed by atoms with Crippen molar-refractivity contribution >= 4 is 10.0 Å². The number of sulfonamides is 1. The number of hydrogen-bond donors (Lipinski definition) is 1. The van der Waals surface area contributed by atoms with Crippen molar-refractivity contribution in [1.82, 2.24) is 4.72 Å². The number of nitrogens with zero attached hydrogens (tertiary/aromatic N) is 2. The third-order valence-corrected chi connectivity index (χ3v) is 4.85. The van der Waals surface area contributed by atoms with E-state index >= 15 is 0 Å². The summed E-state index contributed by atoms with van der Waals surface area (Å²) in [7, 11) is -3.74. The molecule has 0 amide bonds. The number of nitrogens with one attached hydrogen (secondary N) is 1. The summed E-state index contributed by atoms with van der Waals surface area (Å²) in [6, 6.07) is 9.58. The highest BCUT2D eigenvalue weighted by atomic mass is 32.2. The molecule has 1 atom stereocenters. The van der Waals surface area contributed by atoms with E-state index in [0.29, 0.717) is 5.56 Å². The molecule has 1 aromatic carbocycles. The molecule has 1 aliphatic carbocycles. The molecular formula is C13H13N3O2S. The van der Waals surface area contributed by atoms with Crippen LogP contribution in [0.25, 0.3) is 0 Å². The Hall–Kier alpha value is -1.89. The zero-order valence-corrected chi connectivity index (χ0v) is 11.2. The average molecular weight is 275 g/mol. The van der Waals surface area contributed by atoms with E-state index in [0.717, 1.165) is 12.8 Å². The van der Waals surface area contributed by atoms with Crippen LogP contribution in [0.1, 0.15) is 25.3 Å². The standard InChI is InChI=1S/C13H13N3O2S/c1-13(9-15,11-4-5-11)16-19(17,18)12-6-2-10(8-14)3-7-12/h2-3,6-7,11,16H,4-5H2,1H3/t13-/m1/s1. The molecule has 1 N–H and O–H groups in total. The van der Waals surface area contributed by atoms with Crippen LogP contribution >= 0.6 is 0 Å². The topological polar surface area (TPSA) is 93.8 Å². The van der Waals surface area contributed by atoms with Crippen molar-refractivity contribution in [3.63, 3.8) is 0 Å². The van der Waals surface area contributed by atoms with Crippen molar-refractivity contribution in [2.45, 2.75) is 30.2 Å². The SMILES string of the molecule is C[C@](C#N)(NS(=O)(=O)c1ccc(C#N)cc1)C1CC1. The molecule has 19 heavy (non-hydrogen) atoms. The summed E-state index contributed by atoms with van der Waals surface area (Å²) in [6.07, 6.45) is 1.72. The molecule has 0 bridgehead atoms. The minimum atomic E-state index is -3.74. The summed E-state index contributed by atoms with van der Waals surface area (Å²) in [5.74, 6) is 0.0747. The Balaban J connectivity index is 2.27. The maximum Gasteiger partial charge on any atom is 0.241 e. The highest BCUT2D eigenvalue weighted by Gasteiger charge is 2.44. The van der Waals surface area contributed by atoms with Gasteiger partial charge in [0, 0.05) is 0 Å². The lowest BCUT2D eigenvalue weighted by Gasteiger charge is -2.22. The van der Waals surface area contributed by atoms with Gasteiger partial charge in [0.15, 0.2) is 0 Å². The summed E-state index contributed by atoms with van der Waals surface area (Å²) in [5, 5.41) is 17.8. The first-order chi connectivity index (χ1) is 8.91. The predicted octanol–water partition coefficient (Wildman–Crippen LogP) is 1.53. The van der Waals surface area contributed by atoms with Gasteiger partial charge in [-0.15, -0.1) is 0 Å². The molecule has 2 rings (SSSR count). The third-order valence-electron chi connectivity index (χ3n) is 3.27. The first-order valence-electron chi connectivity index (χ1n) is 5.87. The van der Waals surface area contributed by atoms with Crippen LogP contribution < -0.4 is 4.72 Å². The second-order valence-corrected chi connectivity index (χ2v) is 6.51. The van der Waals surface area contributed by atoms with Crippen LogP contribution in [0.15, 0.2) is 29.2 Å². The smallest absolute Gasteiger partial charge is 0.207 e. The summed E-state index contributed by atoms with van der Waals surface area (Å²) in [5.41, 5.74) is -0.670. The third kappa shape index (κ3) is 2.76. The Morgan fingerprint density at radius 3 is 2.26 bits per heavy atom. The van der Waals surface area contributed by atoms with Gasteiger partial charge in [-0.3, -0.25) is 0 Å². The van der Waals surface area contributed by atoms with Crippen molar-refractivity contribution in [1.29, 1.82) is 10.5 Å². The molecule has 1 saturated carbocycles. The summed E-state index contributed by atoms with van der Waals surface area (Å²) >= 11 is 0. The molecule has 6 heteroatoms. The molecule has 5 nitrogen and oxygen atoms in total. The average Bonchev–Trinajstić information content (AvgIpc) is 3.23. The monoisotopic (exact) mass is 275 g/mol. The van der Waals surface area contributed by atoms with Crippen molar-refractivity contribution in [3.05, 3.63) is 29.8 Å². The first kappa shape index (κ1) is 13.5. The van der Waals surface area contributed by atoms with Crippen LogP contribution in [0.2, 0.25) is 0 Å². The summed E-state index contributed by atoms with van der Waals surface area (Å²) in [4.78, 5) is 0.0635. The van der Waals surface area contributed by atoms with E-state index < -0.39 is 15.6 Å². The molecule has 0 unspecified atom stereocenters. The molecule has 0 radical (unpaired) electrons. The van der Waals surface area contributed by atoms with Gasteiger partial charge in [0.1, 0.15) is 5.54 Å². The van der Waals surface area contributed by atoms with Gasteiger partial charge in [0.05, 0.1) is 22.6 Å². The van der Waals surface area contributed by atoms with Crippen LogP contribution in [-0.4, -0.2) is 14.0 Å². The van der Waals surface area contributed by atoms with Crippen molar-refractivity contribution in [2.24, 2.45) is 5.92 Å². The molecular weight excluding hydrogens is 262 g/mol. The minimum absolute atomic E-state index is 0.0635. The maximum atomic E-state index is 12.2. The quantitative estimate of drug-likeness (QED) is 0.901. The van der Waals surface area contributed by atoms with Crippen LogP contribution in [0.5, 0.6) is 0 Å². The molecule has 1 aliphatic rings. The van der Waals surface area contributed by atoms with E-state index in [4.69, 9.17) is 10.5 Å². The molecule has 0 spiro atoms. The van der Waals surface area contributed by atoms with Crippen molar-refractivity contribution in [2.75, 3.05) is 0 Å². The van der Waals surface area contributed by atoms with E-state index in [1.54, 1.807) is 6.92 Å². The van der Waals surface area contributed by atoms with Crippen LogP contribution in [0.4, 0.5) is 0 Å². The van der Waals surface area contributed by atoms with Gasteiger partial charge in [-0.05, 0) is 49.9 Å². The van der Waals surface area contributed by atoms with Crippen molar-refractivity contribution in [3.8, 4) is 12.1 Å².